The molecule has 0 nitrogen and oxygen atoms in total. The Morgan fingerprint density at radius 3 is 2.20 bits per heavy atom. The third-order valence-electron chi connectivity index (χ3n) is 5.16. The van der Waals surface area contributed by atoms with E-state index in [9.17, 15) is 22.0 Å². The number of hydrogen-bond acceptors (Lipinski definition) is 2. The van der Waals surface area contributed by atoms with Gasteiger partial charge in [-0.25, -0.2) is 22.0 Å². The van der Waals surface area contributed by atoms with Gasteiger partial charge in [0.2, 0.25) is 5.82 Å². The second kappa shape index (κ2) is 6.84. The highest BCUT2D eigenvalue weighted by molar-refractivity contribution is 9.00. The third-order valence-corrected chi connectivity index (χ3v) is 19.0. The Morgan fingerprint density at radius 2 is 1.68 bits per heavy atom. The van der Waals surface area contributed by atoms with E-state index in [1.165, 1.54) is 0 Å². The van der Waals surface area contributed by atoms with Gasteiger partial charge in [0, 0.05) is 15.1 Å². The number of hydrogen-bond donors (Lipinski definition) is 1. The zero-order valence-electron chi connectivity index (χ0n) is 13.6. The van der Waals surface area contributed by atoms with Gasteiger partial charge in [-0.05, 0) is 39.0 Å². The van der Waals surface area contributed by atoms with Crippen molar-refractivity contribution >= 4 is 38.8 Å². The number of rotatable bonds is 2. The third kappa shape index (κ3) is 3.11. The highest BCUT2D eigenvalue weighted by Gasteiger charge is 2.52. The first-order valence-corrected chi connectivity index (χ1v) is 14.2. The lowest BCUT2D eigenvalue weighted by atomic mass is 9.79. The maximum Gasteiger partial charge on any atom is 0.200 e. The van der Waals surface area contributed by atoms with Gasteiger partial charge in [-0.3, -0.25) is 0 Å². The van der Waals surface area contributed by atoms with Gasteiger partial charge in [0.1, 0.15) is 0 Å². The van der Waals surface area contributed by atoms with Crippen molar-refractivity contribution in [3.8, 4) is 0 Å². The SMILES string of the molecule is C=C(C)[C@@H]1CC[C@]2(C)S[PH](=S)[SH](c3c(F)c(F)c(F)c(F)c3F)[C@H]2C1. The van der Waals surface area contributed by atoms with Crippen molar-refractivity contribution in [2.75, 3.05) is 0 Å². The smallest absolute Gasteiger partial charge is 0.200 e. The van der Waals surface area contributed by atoms with Crippen LogP contribution >= 0.6 is 27.0 Å². The van der Waals surface area contributed by atoms with Gasteiger partial charge in [0.25, 0.3) is 0 Å². The summed E-state index contributed by atoms with van der Waals surface area (Å²) < 4.78 is 69.4. The van der Waals surface area contributed by atoms with Crippen molar-refractivity contribution in [1.29, 1.82) is 0 Å². The summed E-state index contributed by atoms with van der Waals surface area (Å²) in [4.78, 5) is -0.640. The highest BCUT2D eigenvalue weighted by Crippen LogP contribution is 2.82. The predicted octanol–water partition coefficient (Wildman–Crippen LogP) is 6.50. The standard InChI is InChI=1S/C16H18F5PS3/c1-7(2)8-4-5-16(3)9(6-8)25(22(23)24-16)15-13(20)11(18)10(17)12(19)14(15)21/h8-9,22,25H,1,4-6H2,2-3H3/t8-,9+,16+/m1/s1. The fourth-order valence-electron chi connectivity index (χ4n) is 3.64. The summed E-state index contributed by atoms with van der Waals surface area (Å²) in [6, 6.07) is 0. The van der Waals surface area contributed by atoms with Gasteiger partial charge in [-0.2, -0.15) is 10.5 Å². The molecule has 1 aliphatic carbocycles. The monoisotopic (exact) mass is 432 g/mol. The molecule has 25 heavy (non-hydrogen) atoms. The number of benzene rings is 1. The normalized spacial score (nSPS) is 36.3. The van der Waals surface area contributed by atoms with Crippen LogP contribution in [0.3, 0.4) is 0 Å². The van der Waals surface area contributed by atoms with Gasteiger partial charge in [0.15, 0.2) is 23.3 Å². The first kappa shape index (κ1) is 19.7. The second-order valence-electron chi connectivity index (χ2n) is 6.80. The molecule has 5 atom stereocenters. The molecular weight excluding hydrogens is 414 g/mol. The van der Waals surface area contributed by atoms with Crippen molar-refractivity contribution in [2.24, 2.45) is 5.92 Å². The van der Waals surface area contributed by atoms with Crippen LogP contribution in [0.2, 0.25) is 0 Å². The Balaban J connectivity index is 2.14. The Morgan fingerprint density at radius 1 is 1.16 bits per heavy atom. The molecule has 0 bridgehead atoms. The zero-order chi connectivity index (χ0) is 18.7. The molecule has 0 N–H and O–H groups in total. The molecule has 0 amide bonds. The molecule has 1 aromatic rings. The molecule has 1 saturated carbocycles. The number of fused-ring (bicyclic) bond motifs is 1. The molecule has 1 aromatic carbocycles. The summed E-state index contributed by atoms with van der Waals surface area (Å²) in [5, 5.41) is -1.88. The van der Waals surface area contributed by atoms with E-state index in [2.05, 4.69) is 6.58 Å². The van der Waals surface area contributed by atoms with Crippen LogP contribution in [0.5, 0.6) is 0 Å². The van der Waals surface area contributed by atoms with Crippen LogP contribution in [-0.2, 0) is 11.8 Å². The van der Waals surface area contributed by atoms with Gasteiger partial charge in [-0.1, -0.05) is 24.0 Å². The fraction of sp³-hybridized carbons (Fsp3) is 0.500. The minimum absolute atomic E-state index is 0.150. The van der Waals surface area contributed by atoms with Crippen LogP contribution in [-0.4, -0.2) is 10.00 Å². The Bertz CT molecular complexity index is 755. The fourth-order valence-corrected chi connectivity index (χ4v) is 21.9. The van der Waals surface area contributed by atoms with Crippen molar-refractivity contribution < 1.29 is 22.0 Å². The minimum atomic E-state index is -2.11. The number of thiol groups is 1. The predicted molar refractivity (Wildman–Crippen MR) is 101 cm³/mol. The topological polar surface area (TPSA) is 0 Å². The summed E-state index contributed by atoms with van der Waals surface area (Å²) in [5.74, 6) is -9.04. The highest BCUT2D eigenvalue weighted by atomic mass is 33.2. The zero-order valence-corrected chi connectivity index (χ0v) is 17.2. The molecule has 2 unspecified atom stereocenters. The summed E-state index contributed by atoms with van der Waals surface area (Å²) in [7, 11) is -1.60. The quantitative estimate of drug-likeness (QED) is 0.142. The number of halogens is 5. The van der Waals surface area contributed by atoms with E-state index in [1.807, 2.05) is 13.8 Å². The van der Waals surface area contributed by atoms with Crippen LogP contribution in [0.4, 0.5) is 22.0 Å². The molecule has 0 radical (unpaired) electrons. The maximum atomic E-state index is 14.4. The van der Waals surface area contributed by atoms with E-state index in [4.69, 9.17) is 11.8 Å². The van der Waals surface area contributed by atoms with Gasteiger partial charge in [-0.15, -0.1) is 11.4 Å². The van der Waals surface area contributed by atoms with Gasteiger partial charge < -0.3 is 0 Å². The second-order valence-corrected chi connectivity index (χ2v) is 18.7. The average Bonchev–Trinajstić information content (AvgIpc) is 2.81. The van der Waals surface area contributed by atoms with Crippen molar-refractivity contribution in [1.82, 2.24) is 0 Å². The van der Waals surface area contributed by atoms with E-state index in [0.29, 0.717) is 6.42 Å². The maximum absolute atomic E-state index is 14.4. The molecule has 140 valence electrons. The van der Waals surface area contributed by atoms with E-state index in [1.54, 1.807) is 11.4 Å². The Labute approximate surface area is 155 Å². The molecule has 3 rings (SSSR count). The molecule has 1 saturated heterocycles. The molecule has 1 aliphatic heterocycles. The molecular formula is C16H18F5PS3. The summed E-state index contributed by atoms with van der Waals surface area (Å²) in [6.07, 6.45) is 2.38. The lowest BCUT2D eigenvalue weighted by molar-refractivity contribution is 0.352. The van der Waals surface area contributed by atoms with E-state index in [-0.39, 0.29) is 15.9 Å². The van der Waals surface area contributed by atoms with Crippen molar-refractivity contribution in [3.05, 3.63) is 41.2 Å². The lowest BCUT2D eigenvalue weighted by Crippen LogP contribution is -2.38. The van der Waals surface area contributed by atoms with E-state index in [0.717, 1.165) is 18.4 Å². The van der Waals surface area contributed by atoms with E-state index >= 15 is 0 Å². The Kier molecular flexibility index (Phi) is 5.40. The Hall–Kier alpha value is -0.0400. The van der Waals surface area contributed by atoms with E-state index < -0.39 is 49.6 Å². The lowest BCUT2D eigenvalue weighted by Gasteiger charge is -2.42. The molecule has 2 fully saturated rings. The first-order chi connectivity index (χ1) is 11.6. The van der Waals surface area contributed by atoms with Crippen LogP contribution in [0.1, 0.15) is 33.1 Å². The molecule has 9 heteroatoms. The van der Waals surface area contributed by atoms with Gasteiger partial charge in [0.05, 0.1) is 4.90 Å². The summed E-state index contributed by atoms with van der Waals surface area (Å²) in [5.41, 5.74) is 0.990. The molecule has 2 aliphatic rings. The number of allylic oxidation sites excluding steroid dienone is 1. The van der Waals surface area contributed by atoms with Crippen LogP contribution < -0.4 is 0 Å². The first-order valence-electron chi connectivity index (χ1n) is 7.77. The van der Waals surface area contributed by atoms with Crippen molar-refractivity contribution in [3.63, 3.8) is 0 Å². The van der Waals surface area contributed by atoms with Crippen LogP contribution in [0, 0.1) is 35.0 Å². The summed E-state index contributed by atoms with van der Waals surface area (Å²) in [6.45, 7) is 7.90. The largest absolute Gasteiger partial charge is 0.202 e. The average molecular weight is 432 g/mol. The minimum Gasteiger partial charge on any atom is -0.202 e. The molecule has 0 aromatic heterocycles. The summed E-state index contributed by atoms with van der Waals surface area (Å²) >= 11 is 7.08. The van der Waals surface area contributed by atoms with Gasteiger partial charge >= 0.3 is 0 Å². The molecule has 1 heterocycles. The van der Waals surface area contributed by atoms with Crippen molar-refractivity contribution in [2.45, 2.75) is 48.0 Å². The van der Waals surface area contributed by atoms with Crippen LogP contribution in [0.25, 0.3) is 0 Å². The van der Waals surface area contributed by atoms with Crippen LogP contribution in [0.15, 0.2) is 17.0 Å². The molecule has 0 spiro atoms.